The van der Waals surface area contributed by atoms with Crippen molar-refractivity contribution in [3.05, 3.63) is 82.3 Å². The van der Waals surface area contributed by atoms with E-state index in [-0.39, 0.29) is 11.3 Å². The third kappa shape index (κ3) is 6.88. The molecule has 10 heteroatoms. The Hall–Kier alpha value is -3.40. The van der Waals surface area contributed by atoms with Gasteiger partial charge in [-0.3, -0.25) is 9.80 Å². The van der Waals surface area contributed by atoms with E-state index in [2.05, 4.69) is 35.8 Å². The van der Waals surface area contributed by atoms with Crippen molar-refractivity contribution in [1.82, 2.24) is 4.98 Å². The van der Waals surface area contributed by atoms with Crippen molar-refractivity contribution < 1.29 is 9.53 Å². The summed E-state index contributed by atoms with van der Waals surface area (Å²) < 4.78 is 8.90. The number of nitrogens with two attached hydrogens (primary N) is 2. The lowest BCUT2D eigenvalue weighted by atomic mass is 9.86. The van der Waals surface area contributed by atoms with E-state index in [9.17, 15) is 4.79 Å². The highest BCUT2D eigenvalue weighted by molar-refractivity contribution is 7.99. The maximum absolute atomic E-state index is 13.4. The lowest BCUT2D eigenvalue weighted by Gasteiger charge is -2.24. The number of methoxy groups -OCH3 is 1. The minimum Gasteiger partial charge on any atom is -0.492 e. The van der Waals surface area contributed by atoms with Gasteiger partial charge in [0.25, 0.3) is 5.91 Å². The lowest BCUT2D eigenvalue weighted by Crippen LogP contribution is -2.27. The van der Waals surface area contributed by atoms with Gasteiger partial charge in [0.15, 0.2) is 5.75 Å². The van der Waals surface area contributed by atoms with Crippen molar-refractivity contribution in [2.45, 2.75) is 33.1 Å². The summed E-state index contributed by atoms with van der Waals surface area (Å²) in [6.07, 6.45) is 5.07. The van der Waals surface area contributed by atoms with E-state index in [0.29, 0.717) is 39.1 Å². The number of hydrogen-bond donors (Lipinski definition) is 4. The van der Waals surface area contributed by atoms with E-state index < -0.39 is 0 Å². The molecule has 8 nitrogen and oxygen atoms in total. The van der Waals surface area contributed by atoms with Gasteiger partial charge in [0, 0.05) is 29.8 Å². The summed E-state index contributed by atoms with van der Waals surface area (Å²) in [7, 11) is 1.58. The number of carbonyl (C=O) groups is 1. The molecule has 196 valence electrons. The second-order valence-electron chi connectivity index (χ2n) is 9.48. The van der Waals surface area contributed by atoms with Gasteiger partial charge in [-0.05, 0) is 59.9 Å². The van der Waals surface area contributed by atoms with E-state index in [4.69, 9.17) is 27.9 Å². The van der Waals surface area contributed by atoms with Crippen molar-refractivity contribution in [1.29, 1.82) is 0 Å². The number of anilines is 3. The van der Waals surface area contributed by atoms with Gasteiger partial charge >= 0.3 is 0 Å². The average Bonchev–Trinajstić information content (AvgIpc) is 2.84. The van der Waals surface area contributed by atoms with Crippen molar-refractivity contribution in [2.24, 2.45) is 11.6 Å². The first-order valence-corrected chi connectivity index (χ1v) is 13.1. The van der Waals surface area contributed by atoms with Gasteiger partial charge in [-0.2, -0.15) is 0 Å². The second kappa shape index (κ2) is 11.8. The Balaban J connectivity index is 1.94. The van der Waals surface area contributed by atoms with Crippen molar-refractivity contribution in [2.75, 3.05) is 28.4 Å². The third-order valence-electron chi connectivity index (χ3n) is 5.71. The topological polar surface area (TPSA) is 119 Å². The minimum atomic E-state index is -0.298. The molecule has 0 fully saturated rings. The fourth-order valence-electron chi connectivity index (χ4n) is 3.62. The van der Waals surface area contributed by atoms with Gasteiger partial charge in [0.2, 0.25) is 0 Å². The molecule has 0 radical (unpaired) electrons. The summed E-state index contributed by atoms with van der Waals surface area (Å²) in [5.74, 6) is 6.57. The Kier molecular flexibility index (Phi) is 8.96. The smallest absolute Gasteiger partial charge is 0.255 e. The molecule has 2 aromatic carbocycles. The maximum atomic E-state index is 13.4. The molecule has 0 saturated carbocycles. The zero-order chi connectivity index (χ0) is 27.3. The summed E-state index contributed by atoms with van der Waals surface area (Å²) >= 11 is 7.31. The Morgan fingerprint density at radius 1 is 1.14 bits per heavy atom. The molecular weight excluding hydrogens is 508 g/mol. The molecule has 0 aliphatic carbocycles. The number of nitrogens with zero attached hydrogens (tertiary/aromatic N) is 2. The molecule has 37 heavy (non-hydrogen) atoms. The van der Waals surface area contributed by atoms with Crippen LogP contribution in [-0.4, -0.2) is 24.3 Å². The first kappa shape index (κ1) is 28.2. The number of hydrazine groups is 1. The van der Waals surface area contributed by atoms with Crippen molar-refractivity contribution in [3.63, 3.8) is 0 Å². The largest absolute Gasteiger partial charge is 0.492 e. The number of aromatic nitrogens is 1. The quantitative estimate of drug-likeness (QED) is 0.120. The standard InChI is InChI=1S/C27H33ClN6O2S/c1-16-7-8-17(11-23(16)34(30)15-20(29)18-9-10-24(28)31-14-18)26(35)32-21-12-19(27(2,3)4)13-22(33-37-6)25(21)36-5/h7-15,33H,29-30H2,1-6H3,(H,32,35)/b20-15-. The van der Waals surface area contributed by atoms with Crippen LogP contribution in [0.5, 0.6) is 5.75 Å². The second-order valence-corrected chi connectivity index (χ2v) is 10.5. The molecule has 0 aliphatic rings. The van der Waals surface area contributed by atoms with Gasteiger partial charge in [-0.15, -0.1) is 0 Å². The molecule has 0 unspecified atom stereocenters. The molecule has 6 N–H and O–H groups in total. The van der Waals surface area contributed by atoms with Gasteiger partial charge < -0.3 is 20.5 Å². The Bertz CT molecular complexity index is 1310. The van der Waals surface area contributed by atoms with Crippen molar-refractivity contribution >= 4 is 52.2 Å². The number of nitrogens with one attached hydrogen (secondary N) is 2. The number of aryl methyl sites for hydroxylation is 1. The van der Waals surface area contributed by atoms with Gasteiger partial charge in [-0.1, -0.05) is 50.4 Å². The fraction of sp³-hybridized carbons (Fsp3) is 0.259. The minimum absolute atomic E-state index is 0.135. The molecule has 0 spiro atoms. The monoisotopic (exact) mass is 540 g/mol. The zero-order valence-corrected chi connectivity index (χ0v) is 23.4. The highest BCUT2D eigenvalue weighted by Crippen LogP contribution is 2.39. The summed E-state index contributed by atoms with van der Waals surface area (Å²) in [5, 5.41) is 4.77. The van der Waals surface area contributed by atoms with Crippen LogP contribution in [-0.2, 0) is 5.41 Å². The number of amides is 1. The SMILES string of the molecule is COc1c(NSC)cc(C(C)(C)C)cc1NC(=O)c1ccc(C)c(N(N)/C=C(\N)c2ccc(Cl)nc2)c1. The predicted octanol–water partition coefficient (Wildman–Crippen LogP) is 5.93. The molecule has 3 rings (SSSR count). The molecule has 0 saturated heterocycles. The maximum Gasteiger partial charge on any atom is 0.255 e. The van der Waals surface area contributed by atoms with Crippen LogP contribution >= 0.6 is 23.5 Å². The Labute approximate surface area is 227 Å². The van der Waals surface area contributed by atoms with Crippen LogP contribution < -0.4 is 31.4 Å². The molecule has 0 bridgehead atoms. The van der Waals surface area contributed by atoms with Crippen LogP contribution in [0.15, 0.2) is 54.9 Å². The number of hydrogen-bond acceptors (Lipinski definition) is 8. The number of ether oxygens (including phenoxy) is 1. The molecule has 1 amide bonds. The molecule has 1 heterocycles. The summed E-state index contributed by atoms with van der Waals surface area (Å²) in [6, 6.07) is 12.7. The van der Waals surface area contributed by atoms with E-state index in [1.165, 1.54) is 17.0 Å². The third-order valence-corrected chi connectivity index (χ3v) is 6.36. The molecular formula is C27H33ClN6O2S. The number of carbonyl (C=O) groups excluding carboxylic acids is 1. The predicted molar refractivity (Wildman–Crippen MR) is 156 cm³/mol. The summed E-state index contributed by atoms with van der Waals surface area (Å²) in [6.45, 7) is 8.25. The van der Waals surface area contributed by atoms with Crippen LogP contribution in [0.4, 0.5) is 17.1 Å². The van der Waals surface area contributed by atoms with E-state index >= 15 is 0 Å². The van der Waals surface area contributed by atoms with E-state index in [1.807, 2.05) is 31.4 Å². The molecule has 0 aliphatic heterocycles. The van der Waals surface area contributed by atoms with Gasteiger partial charge in [0.1, 0.15) is 5.15 Å². The molecule has 1 aromatic heterocycles. The van der Waals surface area contributed by atoms with E-state index in [0.717, 1.165) is 16.8 Å². The fourth-order valence-corrected chi connectivity index (χ4v) is 4.11. The number of benzene rings is 2. The number of halogens is 1. The lowest BCUT2D eigenvalue weighted by molar-refractivity contribution is 0.102. The first-order valence-electron chi connectivity index (χ1n) is 11.5. The Morgan fingerprint density at radius 2 is 1.81 bits per heavy atom. The highest BCUT2D eigenvalue weighted by atomic mass is 35.5. The number of rotatable bonds is 8. The van der Waals surface area contributed by atoms with Crippen LogP contribution in [0.3, 0.4) is 0 Å². The van der Waals surface area contributed by atoms with Crippen LogP contribution in [0.25, 0.3) is 5.70 Å². The molecule has 0 atom stereocenters. The normalized spacial score (nSPS) is 11.7. The number of pyridine rings is 1. The van der Waals surface area contributed by atoms with Crippen LogP contribution in [0.1, 0.15) is 47.8 Å². The highest BCUT2D eigenvalue weighted by Gasteiger charge is 2.21. The van der Waals surface area contributed by atoms with Crippen molar-refractivity contribution in [3.8, 4) is 5.75 Å². The summed E-state index contributed by atoms with van der Waals surface area (Å²) in [5.41, 5.74) is 11.5. The zero-order valence-electron chi connectivity index (χ0n) is 21.8. The summed E-state index contributed by atoms with van der Waals surface area (Å²) in [4.78, 5) is 17.4. The van der Waals surface area contributed by atoms with Gasteiger partial charge in [0.05, 0.1) is 29.9 Å². The van der Waals surface area contributed by atoms with E-state index in [1.54, 1.807) is 43.8 Å². The average molecular weight is 541 g/mol. The van der Waals surface area contributed by atoms with Crippen LogP contribution in [0.2, 0.25) is 5.15 Å². The first-order chi connectivity index (χ1) is 17.4. The Morgan fingerprint density at radius 3 is 2.41 bits per heavy atom. The van der Waals surface area contributed by atoms with Gasteiger partial charge in [-0.25, -0.2) is 10.8 Å². The van der Waals surface area contributed by atoms with Crippen LogP contribution in [0, 0.1) is 6.92 Å². The molecule has 3 aromatic rings.